The second kappa shape index (κ2) is 14.2. The van der Waals surface area contributed by atoms with Crippen LogP contribution < -0.4 is 14.4 Å². The Balaban J connectivity index is 1.81. The van der Waals surface area contributed by atoms with Gasteiger partial charge in [0.2, 0.25) is 21.8 Å². The molecule has 1 atom stereocenters. The molecular formula is C30H36ClN3O5S. The molecule has 0 fully saturated rings. The van der Waals surface area contributed by atoms with Crippen LogP contribution in [0.25, 0.3) is 0 Å². The number of rotatable bonds is 13. The first-order chi connectivity index (χ1) is 18.9. The Labute approximate surface area is 241 Å². The molecular weight excluding hydrogens is 550 g/mol. The van der Waals surface area contributed by atoms with E-state index in [0.717, 1.165) is 21.7 Å². The second-order valence-corrected chi connectivity index (χ2v) is 12.3. The first kappa shape index (κ1) is 31.0. The summed E-state index contributed by atoms with van der Waals surface area (Å²) in [5.74, 6) is -0.0593. The highest BCUT2D eigenvalue weighted by Crippen LogP contribution is 2.23. The Bertz CT molecular complexity index is 1380. The van der Waals surface area contributed by atoms with Gasteiger partial charge in [-0.15, -0.1) is 0 Å². The zero-order valence-corrected chi connectivity index (χ0v) is 24.8. The molecule has 3 aromatic rings. The highest BCUT2D eigenvalue weighted by molar-refractivity contribution is 7.92. The molecule has 40 heavy (non-hydrogen) atoms. The number of carbonyl (C=O) groups excluding carboxylic acids is 2. The van der Waals surface area contributed by atoms with E-state index >= 15 is 0 Å². The molecule has 0 saturated heterocycles. The number of hydrogen-bond donors (Lipinski definition) is 1. The maximum Gasteiger partial charge on any atom is 0.244 e. The SMILES string of the molecule is CC(C)CNC(=O)[C@H](C)N(Cc1cccc(Cl)c1)C(=O)CN(c1ccc(OCc2ccccc2)cc1)S(C)(=O)=O. The Kier molecular flexibility index (Phi) is 11.0. The van der Waals surface area contributed by atoms with E-state index in [2.05, 4.69) is 5.32 Å². The second-order valence-electron chi connectivity index (χ2n) is 10.0. The van der Waals surface area contributed by atoms with Crippen LogP contribution in [0.1, 0.15) is 31.9 Å². The van der Waals surface area contributed by atoms with Gasteiger partial charge in [0.15, 0.2) is 0 Å². The lowest BCUT2D eigenvalue weighted by Crippen LogP contribution is -2.51. The summed E-state index contributed by atoms with van der Waals surface area (Å²) in [6.45, 7) is 6.00. The van der Waals surface area contributed by atoms with E-state index in [4.69, 9.17) is 16.3 Å². The Morgan fingerprint density at radius 2 is 1.57 bits per heavy atom. The molecule has 0 heterocycles. The zero-order chi connectivity index (χ0) is 29.3. The molecule has 0 unspecified atom stereocenters. The van der Waals surface area contributed by atoms with Gasteiger partial charge in [-0.2, -0.15) is 0 Å². The van der Waals surface area contributed by atoms with Gasteiger partial charge >= 0.3 is 0 Å². The van der Waals surface area contributed by atoms with Crippen molar-refractivity contribution in [2.24, 2.45) is 5.92 Å². The highest BCUT2D eigenvalue weighted by atomic mass is 35.5. The molecule has 0 aliphatic heterocycles. The maximum atomic E-state index is 13.7. The van der Waals surface area contributed by atoms with Gasteiger partial charge in [-0.05, 0) is 60.4 Å². The lowest BCUT2D eigenvalue weighted by molar-refractivity contribution is -0.139. The zero-order valence-electron chi connectivity index (χ0n) is 23.2. The molecule has 214 valence electrons. The van der Waals surface area contributed by atoms with Gasteiger partial charge in [-0.25, -0.2) is 8.42 Å². The van der Waals surface area contributed by atoms with Gasteiger partial charge in [0, 0.05) is 18.1 Å². The summed E-state index contributed by atoms with van der Waals surface area (Å²) in [4.78, 5) is 28.0. The third-order valence-electron chi connectivity index (χ3n) is 6.15. The fourth-order valence-corrected chi connectivity index (χ4v) is 4.99. The Morgan fingerprint density at radius 1 is 0.925 bits per heavy atom. The predicted octanol–water partition coefficient (Wildman–Crippen LogP) is 4.87. The van der Waals surface area contributed by atoms with Crippen molar-refractivity contribution >= 4 is 39.1 Å². The van der Waals surface area contributed by atoms with Crippen LogP contribution in [0.5, 0.6) is 5.75 Å². The molecule has 0 saturated carbocycles. The van der Waals surface area contributed by atoms with E-state index in [1.807, 2.05) is 44.2 Å². The molecule has 3 aromatic carbocycles. The van der Waals surface area contributed by atoms with E-state index in [1.165, 1.54) is 4.90 Å². The van der Waals surface area contributed by atoms with Crippen molar-refractivity contribution in [3.63, 3.8) is 0 Å². The van der Waals surface area contributed by atoms with Crippen molar-refractivity contribution in [2.45, 2.75) is 40.0 Å². The first-order valence-corrected chi connectivity index (χ1v) is 15.2. The molecule has 0 aliphatic carbocycles. The van der Waals surface area contributed by atoms with Gasteiger partial charge in [0.25, 0.3) is 0 Å². The van der Waals surface area contributed by atoms with Crippen LogP contribution in [0.3, 0.4) is 0 Å². The number of benzene rings is 3. The molecule has 2 amide bonds. The minimum Gasteiger partial charge on any atom is -0.489 e. The summed E-state index contributed by atoms with van der Waals surface area (Å²) < 4.78 is 32.4. The van der Waals surface area contributed by atoms with E-state index in [0.29, 0.717) is 29.6 Å². The summed E-state index contributed by atoms with van der Waals surface area (Å²) in [6.07, 6.45) is 1.04. The summed E-state index contributed by atoms with van der Waals surface area (Å²) in [5, 5.41) is 3.35. The molecule has 0 bridgehead atoms. The maximum absolute atomic E-state index is 13.7. The number of hydrogen-bond acceptors (Lipinski definition) is 5. The number of sulfonamides is 1. The fourth-order valence-electron chi connectivity index (χ4n) is 3.93. The van der Waals surface area contributed by atoms with Crippen molar-refractivity contribution in [1.29, 1.82) is 0 Å². The summed E-state index contributed by atoms with van der Waals surface area (Å²) in [7, 11) is -3.84. The first-order valence-electron chi connectivity index (χ1n) is 13.0. The Morgan fingerprint density at radius 3 is 2.17 bits per heavy atom. The summed E-state index contributed by atoms with van der Waals surface area (Å²) in [6, 6.07) is 22.3. The molecule has 0 spiro atoms. The molecule has 0 aromatic heterocycles. The normalized spacial score (nSPS) is 12.1. The van der Waals surface area contributed by atoms with Gasteiger partial charge in [-0.3, -0.25) is 13.9 Å². The minimum atomic E-state index is -3.84. The lowest BCUT2D eigenvalue weighted by atomic mass is 10.1. The number of amides is 2. The summed E-state index contributed by atoms with van der Waals surface area (Å²) >= 11 is 6.15. The number of anilines is 1. The van der Waals surface area contributed by atoms with Crippen molar-refractivity contribution in [3.8, 4) is 5.75 Å². The van der Waals surface area contributed by atoms with Crippen LogP contribution in [-0.2, 0) is 32.8 Å². The number of halogens is 1. The third kappa shape index (κ3) is 9.27. The number of ether oxygens (including phenoxy) is 1. The minimum absolute atomic E-state index is 0.0829. The van der Waals surface area contributed by atoms with Crippen LogP contribution in [0.15, 0.2) is 78.9 Å². The predicted molar refractivity (Wildman–Crippen MR) is 159 cm³/mol. The van der Waals surface area contributed by atoms with Gasteiger partial charge < -0.3 is 15.0 Å². The van der Waals surface area contributed by atoms with Crippen LogP contribution in [-0.4, -0.2) is 50.5 Å². The highest BCUT2D eigenvalue weighted by Gasteiger charge is 2.30. The quantitative estimate of drug-likeness (QED) is 0.309. The van der Waals surface area contributed by atoms with E-state index < -0.39 is 28.5 Å². The van der Waals surface area contributed by atoms with Gasteiger partial charge in [0.1, 0.15) is 24.9 Å². The average Bonchev–Trinajstić information content (AvgIpc) is 2.92. The molecule has 1 N–H and O–H groups in total. The molecule has 8 nitrogen and oxygen atoms in total. The monoisotopic (exact) mass is 585 g/mol. The fraction of sp³-hybridized carbons (Fsp3) is 0.333. The smallest absolute Gasteiger partial charge is 0.244 e. The van der Waals surface area contributed by atoms with Crippen molar-refractivity contribution in [3.05, 3.63) is 95.0 Å². The molecule has 10 heteroatoms. The van der Waals surface area contributed by atoms with Crippen molar-refractivity contribution < 1.29 is 22.7 Å². The molecule has 0 radical (unpaired) electrons. The standard InChI is InChI=1S/C30H36ClN3O5S/c1-22(2)18-32-30(36)23(3)33(19-25-11-8-12-26(31)17-25)29(35)20-34(40(4,37)38)27-13-15-28(16-14-27)39-21-24-9-6-5-7-10-24/h5-17,22-23H,18-21H2,1-4H3,(H,32,36)/t23-/m0/s1. The number of carbonyl (C=O) groups is 2. The lowest BCUT2D eigenvalue weighted by Gasteiger charge is -2.31. The van der Waals surface area contributed by atoms with Crippen LogP contribution >= 0.6 is 11.6 Å². The van der Waals surface area contributed by atoms with E-state index in [1.54, 1.807) is 55.5 Å². The van der Waals surface area contributed by atoms with Crippen molar-refractivity contribution in [2.75, 3.05) is 23.7 Å². The van der Waals surface area contributed by atoms with Crippen LogP contribution in [0.2, 0.25) is 5.02 Å². The summed E-state index contributed by atoms with van der Waals surface area (Å²) in [5.41, 5.74) is 2.03. The topological polar surface area (TPSA) is 96.0 Å². The van der Waals surface area contributed by atoms with Crippen molar-refractivity contribution in [1.82, 2.24) is 10.2 Å². The third-order valence-corrected chi connectivity index (χ3v) is 7.52. The Hall–Kier alpha value is -3.56. The number of nitrogens with zero attached hydrogens (tertiary/aromatic N) is 2. The van der Waals surface area contributed by atoms with E-state index in [-0.39, 0.29) is 18.4 Å². The average molecular weight is 586 g/mol. The van der Waals surface area contributed by atoms with Gasteiger partial charge in [-0.1, -0.05) is 67.9 Å². The largest absolute Gasteiger partial charge is 0.489 e. The van der Waals surface area contributed by atoms with Crippen LogP contribution in [0, 0.1) is 5.92 Å². The molecule has 3 rings (SSSR count). The van der Waals surface area contributed by atoms with Crippen LogP contribution in [0.4, 0.5) is 5.69 Å². The molecule has 0 aliphatic rings. The van der Waals surface area contributed by atoms with E-state index in [9.17, 15) is 18.0 Å². The number of nitrogens with one attached hydrogen (secondary N) is 1. The van der Waals surface area contributed by atoms with Gasteiger partial charge in [0.05, 0.1) is 11.9 Å².